The third-order valence-electron chi connectivity index (χ3n) is 4.84. The maximum atomic E-state index is 12.5. The molecule has 0 saturated carbocycles. The molecule has 2 aromatic rings. The number of aromatic nitrogens is 3. The smallest absolute Gasteiger partial charge is 0.257 e. The van der Waals surface area contributed by atoms with Crippen LogP contribution in [-0.4, -0.2) is 69.5 Å². The molecule has 2 aromatic heterocycles. The molecule has 9 heteroatoms. The monoisotopic (exact) mass is 359 g/mol. The van der Waals surface area contributed by atoms with Crippen LogP contribution in [-0.2, 0) is 29.0 Å². The zero-order valence-corrected chi connectivity index (χ0v) is 14.5. The maximum absolute atomic E-state index is 12.5. The van der Waals surface area contributed by atoms with Gasteiger partial charge in [0.05, 0.1) is 49.5 Å². The number of hydrogen-bond donors (Lipinski definition) is 0. The summed E-state index contributed by atoms with van der Waals surface area (Å²) in [6.45, 7) is 4.10. The van der Waals surface area contributed by atoms with Crippen molar-refractivity contribution in [1.82, 2.24) is 24.8 Å². The zero-order chi connectivity index (χ0) is 17.9. The van der Waals surface area contributed by atoms with E-state index in [9.17, 15) is 9.59 Å². The molecule has 0 aromatic carbocycles. The Kier molecular flexibility index (Phi) is 4.70. The van der Waals surface area contributed by atoms with E-state index >= 15 is 0 Å². The molecule has 0 atom stereocenters. The van der Waals surface area contributed by atoms with E-state index in [1.807, 2.05) is 9.58 Å². The lowest BCUT2D eigenvalue weighted by atomic mass is 10.1. The highest BCUT2D eigenvalue weighted by Gasteiger charge is 2.26. The maximum Gasteiger partial charge on any atom is 0.257 e. The number of fused-ring (bicyclic) bond motifs is 1. The van der Waals surface area contributed by atoms with Crippen LogP contribution in [0.2, 0.25) is 0 Å². The molecule has 2 amide bonds. The molecule has 0 unspecified atom stereocenters. The summed E-state index contributed by atoms with van der Waals surface area (Å²) >= 11 is 0. The molecule has 138 valence electrons. The van der Waals surface area contributed by atoms with Gasteiger partial charge >= 0.3 is 0 Å². The van der Waals surface area contributed by atoms with Gasteiger partial charge in [-0.15, -0.1) is 5.10 Å². The lowest BCUT2D eigenvalue weighted by Gasteiger charge is -2.28. The van der Waals surface area contributed by atoms with E-state index in [1.165, 1.54) is 12.5 Å². The molecule has 2 aliphatic heterocycles. The van der Waals surface area contributed by atoms with Crippen LogP contribution in [0.15, 0.2) is 23.0 Å². The van der Waals surface area contributed by atoms with E-state index in [2.05, 4.69) is 10.3 Å². The SMILES string of the molecule is O=C(CCc1nnn2c1CN(C(=O)c1ccoc1)CC2)N1CCOCC1. The third kappa shape index (κ3) is 3.34. The fourth-order valence-electron chi connectivity index (χ4n) is 3.33. The molecule has 0 bridgehead atoms. The van der Waals surface area contributed by atoms with Crippen molar-refractivity contribution in [1.29, 1.82) is 0 Å². The van der Waals surface area contributed by atoms with Crippen molar-refractivity contribution in [2.45, 2.75) is 25.9 Å². The lowest BCUT2D eigenvalue weighted by Crippen LogP contribution is -2.41. The van der Waals surface area contributed by atoms with Crippen LogP contribution in [0.4, 0.5) is 0 Å². The summed E-state index contributed by atoms with van der Waals surface area (Å²) < 4.78 is 12.1. The van der Waals surface area contributed by atoms with Crippen LogP contribution >= 0.6 is 0 Å². The Labute approximate surface area is 150 Å². The van der Waals surface area contributed by atoms with E-state index in [0.717, 1.165) is 11.4 Å². The van der Waals surface area contributed by atoms with Gasteiger partial charge in [0.2, 0.25) is 5.91 Å². The van der Waals surface area contributed by atoms with Gasteiger partial charge in [-0.2, -0.15) is 0 Å². The number of rotatable bonds is 4. The largest absolute Gasteiger partial charge is 0.472 e. The van der Waals surface area contributed by atoms with Crippen molar-refractivity contribution in [3.63, 3.8) is 0 Å². The number of furan rings is 1. The first-order valence-corrected chi connectivity index (χ1v) is 8.80. The molecule has 1 fully saturated rings. The summed E-state index contributed by atoms with van der Waals surface area (Å²) in [5.74, 6) is 0.0405. The molecule has 4 rings (SSSR count). The fourth-order valence-corrected chi connectivity index (χ4v) is 3.33. The Morgan fingerprint density at radius 2 is 1.96 bits per heavy atom. The van der Waals surface area contributed by atoms with Crippen LogP contribution in [0.3, 0.4) is 0 Å². The number of hydrogen-bond acceptors (Lipinski definition) is 6. The summed E-state index contributed by atoms with van der Waals surface area (Å²) in [7, 11) is 0. The van der Waals surface area contributed by atoms with E-state index in [4.69, 9.17) is 9.15 Å². The summed E-state index contributed by atoms with van der Waals surface area (Å²) in [5, 5.41) is 8.40. The van der Waals surface area contributed by atoms with Gasteiger partial charge in [0.15, 0.2) is 0 Å². The number of amides is 2. The Hall–Kier alpha value is -2.68. The Morgan fingerprint density at radius 1 is 1.12 bits per heavy atom. The molecule has 26 heavy (non-hydrogen) atoms. The molecule has 0 aliphatic carbocycles. The van der Waals surface area contributed by atoms with Gasteiger partial charge in [-0.3, -0.25) is 9.59 Å². The summed E-state index contributed by atoms with van der Waals surface area (Å²) in [4.78, 5) is 28.4. The van der Waals surface area contributed by atoms with Crippen LogP contribution in [0.1, 0.15) is 28.2 Å². The number of nitrogens with zero attached hydrogens (tertiary/aromatic N) is 5. The van der Waals surface area contributed by atoms with Crippen molar-refractivity contribution < 1.29 is 18.7 Å². The molecule has 0 spiro atoms. The Bertz CT molecular complexity index is 779. The topological polar surface area (TPSA) is 93.7 Å². The number of carbonyl (C=O) groups is 2. The predicted octanol–water partition coefficient (Wildman–Crippen LogP) is 0.318. The standard InChI is InChI=1S/C17H21N5O4/c23-16(20-6-9-25-10-7-20)2-1-14-15-11-21(4-5-22(15)19-18-14)17(24)13-3-8-26-12-13/h3,8,12H,1-2,4-7,9-11H2. The first kappa shape index (κ1) is 16.8. The first-order valence-electron chi connectivity index (χ1n) is 8.80. The van der Waals surface area contributed by atoms with E-state index in [0.29, 0.717) is 64.3 Å². The average Bonchev–Trinajstić information content (AvgIpc) is 3.36. The molecule has 9 nitrogen and oxygen atoms in total. The van der Waals surface area contributed by atoms with Gasteiger partial charge < -0.3 is 19.0 Å². The second-order valence-corrected chi connectivity index (χ2v) is 6.44. The van der Waals surface area contributed by atoms with Crippen LogP contribution in [0.5, 0.6) is 0 Å². The van der Waals surface area contributed by atoms with Crippen LogP contribution in [0.25, 0.3) is 0 Å². The van der Waals surface area contributed by atoms with Gasteiger partial charge in [0, 0.05) is 32.5 Å². The minimum atomic E-state index is -0.0680. The quantitative estimate of drug-likeness (QED) is 0.780. The van der Waals surface area contributed by atoms with E-state index in [-0.39, 0.29) is 11.8 Å². The van der Waals surface area contributed by atoms with Crippen LogP contribution < -0.4 is 0 Å². The van der Waals surface area contributed by atoms with Crippen LogP contribution in [0, 0.1) is 0 Å². The number of morpholine rings is 1. The van der Waals surface area contributed by atoms with Crippen molar-refractivity contribution in [2.75, 3.05) is 32.8 Å². The van der Waals surface area contributed by atoms with Gasteiger partial charge in [-0.05, 0) is 6.07 Å². The lowest BCUT2D eigenvalue weighted by molar-refractivity contribution is -0.135. The minimum Gasteiger partial charge on any atom is -0.472 e. The van der Waals surface area contributed by atoms with Gasteiger partial charge in [0.1, 0.15) is 6.26 Å². The average molecular weight is 359 g/mol. The molecule has 0 N–H and O–H groups in total. The molecular formula is C17H21N5O4. The highest BCUT2D eigenvalue weighted by atomic mass is 16.5. The second-order valence-electron chi connectivity index (χ2n) is 6.44. The predicted molar refractivity (Wildman–Crippen MR) is 89.2 cm³/mol. The first-order chi connectivity index (χ1) is 12.7. The van der Waals surface area contributed by atoms with Gasteiger partial charge in [-0.1, -0.05) is 5.21 Å². The van der Waals surface area contributed by atoms with E-state index in [1.54, 1.807) is 11.0 Å². The molecular weight excluding hydrogens is 338 g/mol. The number of aryl methyl sites for hydroxylation is 1. The highest BCUT2D eigenvalue weighted by Crippen LogP contribution is 2.18. The minimum absolute atomic E-state index is 0.0680. The van der Waals surface area contributed by atoms with Gasteiger partial charge in [0.25, 0.3) is 5.91 Å². The third-order valence-corrected chi connectivity index (χ3v) is 4.84. The fraction of sp³-hybridized carbons (Fsp3) is 0.529. The molecule has 1 saturated heterocycles. The van der Waals surface area contributed by atoms with Crippen molar-refractivity contribution in [2.24, 2.45) is 0 Å². The van der Waals surface area contributed by atoms with Crippen molar-refractivity contribution in [3.05, 3.63) is 35.5 Å². The zero-order valence-electron chi connectivity index (χ0n) is 14.5. The highest BCUT2D eigenvalue weighted by molar-refractivity contribution is 5.93. The summed E-state index contributed by atoms with van der Waals surface area (Å²) in [6.07, 6.45) is 3.86. The number of ether oxygens (including phenoxy) is 1. The van der Waals surface area contributed by atoms with Crippen molar-refractivity contribution in [3.8, 4) is 0 Å². The molecule has 2 aliphatic rings. The van der Waals surface area contributed by atoms with Crippen molar-refractivity contribution >= 4 is 11.8 Å². The molecule has 4 heterocycles. The number of carbonyl (C=O) groups excluding carboxylic acids is 2. The normalized spacial score (nSPS) is 17.2. The second kappa shape index (κ2) is 7.28. The Morgan fingerprint density at radius 3 is 2.73 bits per heavy atom. The Balaban J connectivity index is 1.40. The molecule has 0 radical (unpaired) electrons. The van der Waals surface area contributed by atoms with E-state index < -0.39 is 0 Å². The summed E-state index contributed by atoms with van der Waals surface area (Å²) in [5.41, 5.74) is 2.23. The van der Waals surface area contributed by atoms with Gasteiger partial charge in [-0.25, -0.2) is 4.68 Å². The summed E-state index contributed by atoms with van der Waals surface area (Å²) in [6, 6.07) is 1.66.